The Hall–Kier alpha value is -2.93. The van der Waals surface area contributed by atoms with E-state index in [1.54, 1.807) is 19.1 Å². The molecular formula is C23H27ClN2O5. The molecule has 0 saturated heterocycles. The van der Waals surface area contributed by atoms with Gasteiger partial charge in [-0.15, -0.1) is 0 Å². The Morgan fingerprint density at radius 2 is 1.81 bits per heavy atom. The van der Waals surface area contributed by atoms with Gasteiger partial charge in [0.25, 0.3) is 0 Å². The molecule has 1 N–H and O–H groups in total. The van der Waals surface area contributed by atoms with Crippen molar-refractivity contribution < 1.29 is 23.8 Å². The van der Waals surface area contributed by atoms with Gasteiger partial charge in [0.2, 0.25) is 0 Å². The summed E-state index contributed by atoms with van der Waals surface area (Å²) in [6.07, 6.45) is 0.392. The molecule has 1 aliphatic rings. The average Bonchev–Trinajstić information content (AvgIpc) is 2.73. The van der Waals surface area contributed by atoms with Crippen LogP contribution < -0.4 is 19.7 Å². The first kappa shape index (κ1) is 22.7. The highest BCUT2D eigenvalue weighted by Crippen LogP contribution is 2.48. The lowest BCUT2D eigenvalue weighted by Gasteiger charge is -2.46. The standard InChI is InChI=1S/C23H27ClN2O5/c1-5-31-22(28)25-23(14-16-9-7-6-8-10-16)13-15(2)26(21(24)27)18-12-20(30-4)19(29-3)11-17(18)23/h6-12,15H,5,13-14H2,1-4H3,(H,25,28)/t15-,23-/m1/s1. The number of ether oxygens (including phenoxy) is 3. The van der Waals surface area contributed by atoms with Gasteiger partial charge in [0.15, 0.2) is 11.5 Å². The number of carbonyl (C=O) groups is 2. The highest BCUT2D eigenvalue weighted by Gasteiger charge is 2.46. The molecule has 7 nitrogen and oxygen atoms in total. The Morgan fingerprint density at radius 1 is 1.16 bits per heavy atom. The summed E-state index contributed by atoms with van der Waals surface area (Å²) in [6, 6.07) is 13.1. The molecule has 0 radical (unpaired) electrons. The largest absolute Gasteiger partial charge is 0.493 e. The van der Waals surface area contributed by atoms with Gasteiger partial charge in [-0.3, -0.25) is 9.69 Å². The molecule has 2 amide bonds. The monoisotopic (exact) mass is 446 g/mol. The first-order valence-corrected chi connectivity index (χ1v) is 10.5. The van der Waals surface area contributed by atoms with Crippen LogP contribution in [0.1, 0.15) is 31.4 Å². The van der Waals surface area contributed by atoms with E-state index in [1.165, 1.54) is 19.1 Å². The topological polar surface area (TPSA) is 77.1 Å². The number of nitrogens with one attached hydrogen (secondary N) is 1. The molecule has 0 bridgehead atoms. The lowest BCUT2D eigenvalue weighted by Crippen LogP contribution is -2.56. The van der Waals surface area contributed by atoms with Gasteiger partial charge in [-0.1, -0.05) is 30.3 Å². The zero-order valence-electron chi connectivity index (χ0n) is 18.1. The van der Waals surface area contributed by atoms with Gasteiger partial charge in [-0.2, -0.15) is 0 Å². The fourth-order valence-electron chi connectivity index (χ4n) is 4.30. The number of rotatable bonds is 6. The number of anilines is 1. The van der Waals surface area contributed by atoms with Crippen molar-refractivity contribution in [2.24, 2.45) is 0 Å². The van der Waals surface area contributed by atoms with Gasteiger partial charge in [-0.05, 0) is 43.5 Å². The maximum Gasteiger partial charge on any atom is 0.407 e. The van der Waals surface area contributed by atoms with Crippen LogP contribution >= 0.6 is 11.6 Å². The quantitative estimate of drug-likeness (QED) is 0.507. The van der Waals surface area contributed by atoms with Crippen LogP contribution in [0.15, 0.2) is 42.5 Å². The van der Waals surface area contributed by atoms with Crippen LogP contribution in [0.3, 0.4) is 0 Å². The van der Waals surface area contributed by atoms with Gasteiger partial charge >= 0.3 is 11.5 Å². The smallest absolute Gasteiger partial charge is 0.407 e. The maximum absolute atomic E-state index is 12.6. The number of hydrogen-bond acceptors (Lipinski definition) is 5. The van der Waals surface area contributed by atoms with Crippen molar-refractivity contribution in [1.29, 1.82) is 0 Å². The number of halogens is 1. The molecule has 31 heavy (non-hydrogen) atoms. The van der Waals surface area contributed by atoms with E-state index in [9.17, 15) is 9.59 Å². The summed E-state index contributed by atoms with van der Waals surface area (Å²) in [6.45, 7) is 3.89. The Morgan fingerprint density at radius 3 is 2.39 bits per heavy atom. The Labute approximate surface area is 187 Å². The second-order valence-electron chi connectivity index (χ2n) is 7.49. The van der Waals surface area contributed by atoms with Crippen molar-refractivity contribution >= 4 is 28.7 Å². The number of benzene rings is 2. The van der Waals surface area contributed by atoms with Crippen molar-refractivity contribution in [3.63, 3.8) is 0 Å². The Bertz CT molecular complexity index is 952. The molecular weight excluding hydrogens is 420 g/mol. The molecule has 0 fully saturated rings. The van der Waals surface area contributed by atoms with E-state index >= 15 is 0 Å². The Kier molecular flexibility index (Phi) is 6.95. The molecule has 2 aromatic carbocycles. The minimum absolute atomic E-state index is 0.244. The third-order valence-corrected chi connectivity index (χ3v) is 5.70. The molecule has 0 spiro atoms. The van der Waals surface area contributed by atoms with E-state index < -0.39 is 17.0 Å². The zero-order valence-corrected chi connectivity index (χ0v) is 18.9. The average molecular weight is 447 g/mol. The number of carbonyl (C=O) groups excluding carboxylic acids is 2. The molecule has 166 valence electrons. The first-order valence-electron chi connectivity index (χ1n) is 10.1. The van der Waals surface area contributed by atoms with Crippen LogP contribution in [-0.2, 0) is 16.7 Å². The van der Waals surface area contributed by atoms with Crippen molar-refractivity contribution in [3.8, 4) is 11.5 Å². The summed E-state index contributed by atoms with van der Waals surface area (Å²) >= 11 is 5.96. The van der Waals surface area contributed by atoms with Gasteiger partial charge in [-0.25, -0.2) is 4.79 Å². The van der Waals surface area contributed by atoms with Gasteiger partial charge < -0.3 is 19.5 Å². The summed E-state index contributed by atoms with van der Waals surface area (Å²) in [4.78, 5) is 26.5. The number of hydrogen-bond donors (Lipinski definition) is 1. The number of methoxy groups -OCH3 is 2. The van der Waals surface area contributed by atoms with Gasteiger partial charge in [0, 0.05) is 24.1 Å². The lowest BCUT2D eigenvalue weighted by atomic mass is 9.75. The molecule has 0 aromatic heterocycles. The van der Waals surface area contributed by atoms with E-state index in [0.29, 0.717) is 35.6 Å². The Balaban J connectivity index is 2.25. The van der Waals surface area contributed by atoms with Crippen LogP contribution in [0.5, 0.6) is 11.5 Å². The summed E-state index contributed by atoms with van der Waals surface area (Å²) in [5.41, 5.74) is 1.43. The predicted molar refractivity (Wildman–Crippen MR) is 119 cm³/mol. The third-order valence-electron chi connectivity index (χ3n) is 5.52. The van der Waals surface area contributed by atoms with Crippen molar-refractivity contribution in [3.05, 3.63) is 53.6 Å². The minimum Gasteiger partial charge on any atom is -0.493 e. The fourth-order valence-corrected chi connectivity index (χ4v) is 4.56. The zero-order chi connectivity index (χ0) is 22.6. The highest BCUT2D eigenvalue weighted by molar-refractivity contribution is 6.66. The van der Waals surface area contributed by atoms with Crippen molar-refractivity contribution in [2.45, 2.75) is 38.3 Å². The molecule has 0 aliphatic carbocycles. The minimum atomic E-state index is -0.856. The van der Waals surface area contributed by atoms with E-state index in [2.05, 4.69) is 5.32 Å². The lowest BCUT2D eigenvalue weighted by molar-refractivity contribution is 0.132. The van der Waals surface area contributed by atoms with E-state index in [4.69, 9.17) is 25.8 Å². The summed E-state index contributed by atoms with van der Waals surface area (Å²) in [5, 5.41) is 2.47. The van der Waals surface area contributed by atoms with Crippen LogP contribution in [0, 0.1) is 0 Å². The third kappa shape index (κ3) is 4.56. The second kappa shape index (κ2) is 9.47. The number of fused-ring (bicyclic) bond motifs is 1. The summed E-state index contributed by atoms with van der Waals surface area (Å²) in [5.74, 6) is 0.948. The normalized spacial score (nSPS) is 19.9. The maximum atomic E-state index is 12.6. The van der Waals surface area contributed by atoms with E-state index in [1.807, 2.05) is 37.3 Å². The fraction of sp³-hybridized carbons (Fsp3) is 0.391. The van der Waals surface area contributed by atoms with Crippen molar-refractivity contribution in [1.82, 2.24) is 5.32 Å². The van der Waals surface area contributed by atoms with E-state index in [0.717, 1.165) is 5.56 Å². The van der Waals surface area contributed by atoms with Crippen molar-refractivity contribution in [2.75, 3.05) is 25.7 Å². The second-order valence-corrected chi connectivity index (χ2v) is 7.81. The molecule has 0 saturated carbocycles. The first-order chi connectivity index (χ1) is 14.8. The number of amides is 2. The summed E-state index contributed by atoms with van der Waals surface area (Å²) < 4.78 is 16.2. The number of alkyl carbamates (subject to hydrolysis) is 1. The molecule has 1 heterocycles. The number of nitrogens with zero attached hydrogens (tertiary/aromatic N) is 1. The van der Waals surface area contributed by atoms with Crippen LogP contribution in [0.25, 0.3) is 0 Å². The van der Waals surface area contributed by atoms with Gasteiger partial charge in [0.05, 0.1) is 32.1 Å². The van der Waals surface area contributed by atoms with Crippen LogP contribution in [0.2, 0.25) is 0 Å². The molecule has 0 unspecified atom stereocenters. The predicted octanol–water partition coefficient (Wildman–Crippen LogP) is 4.85. The molecule has 2 atom stereocenters. The van der Waals surface area contributed by atoms with E-state index in [-0.39, 0.29) is 12.6 Å². The molecule has 8 heteroatoms. The molecule has 2 aromatic rings. The highest BCUT2D eigenvalue weighted by atomic mass is 35.5. The molecule has 1 aliphatic heterocycles. The SMILES string of the molecule is CCOC(=O)N[C@@]1(Cc2ccccc2)C[C@@H](C)N(C(=O)Cl)c2cc(OC)c(OC)cc21. The van der Waals surface area contributed by atoms with Crippen LogP contribution in [0.4, 0.5) is 15.3 Å². The van der Waals surface area contributed by atoms with Crippen LogP contribution in [-0.4, -0.2) is 38.3 Å². The molecule has 3 rings (SSSR count). The summed E-state index contributed by atoms with van der Waals surface area (Å²) in [7, 11) is 3.06. The van der Waals surface area contributed by atoms with Gasteiger partial charge in [0.1, 0.15) is 0 Å².